The van der Waals surface area contributed by atoms with Gasteiger partial charge in [-0.15, -0.1) is 0 Å². The number of aryl methyl sites for hydroxylation is 1. The minimum Gasteiger partial charge on any atom is -0.481 e. The molecule has 0 spiro atoms. The van der Waals surface area contributed by atoms with Crippen LogP contribution in [0.15, 0.2) is 42.5 Å². The average Bonchev–Trinajstić information content (AvgIpc) is 2.58. The second-order valence-corrected chi connectivity index (χ2v) is 6.98. The first-order chi connectivity index (χ1) is 12.7. The molecule has 1 atom stereocenters. The zero-order valence-electron chi connectivity index (χ0n) is 15.5. The van der Waals surface area contributed by atoms with Crippen LogP contribution in [0.1, 0.15) is 12.5 Å². The van der Waals surface area contributed by atoms with Crippen LogP contribution in [0.5, 0.6) is 11.5 Å². The molecule has 0 aliphatic rings. The Kier molecular flexibility index (Phi) is 7.21. The zero-order valence-corrected chi connectivity index (χ0v) is 16.3. The molecule has 1 unspecified atom stereocenters. The summed E-state index contributed by atoms with van der Waals surface area (Å²) in [4.78, 5) is 24.9. The summed E-state index contributed by atoms with van der Waals surface area (Å²) in [5, 5.41) is 12.2. The molecule has 0 aliphatic carbocycles. The molecule has 0 aromatic heterocycles. The van der Waals surface area contributed by atoms with E-state index < -0.39 is 11.9 Å². The normalized spacial score (nSPS) is 11.9. The topological polar surface area (TPSA) is 78.9 Å². The number of anilines is 1. The van der Waals surface area contributed by atoms with Crippen molar-refractivity contribution >= 4 is 29.2 Å². The minimum atomic E-state index is -0.897. The molecule has 2 rings (SSSR count). The van der Waals surface area contributed by atoms with Gasteiger partial charge in [0.15, 0.2) is 5.75 Å². The fourth-order valence-corrected chi connectivity index (χ4v) is 2.64. The van der Waals surface area contributed by atoms with Crippen LogP contribution in [-0.4, -0.2) is 42.0 Å². The molecule has 1 amide bonds. The van der Waals surface area contributed by atoms with Gasteiger partial charge in [-0.05, 0) is 44.3 Å². The Hall–Kier alpha value is -2.57. The number of carbonyl (C=O) groups is 2. The van der Waals surface area contributed by atoms with E-state index in [1.165, 1.54) is 0 Å². The fourth-order valence-electron chi connectivity index (χ4n) is 2.47. The van der Waals surface area contributed by atoms with E-state index in [-0.39, 0.29) is 19.0 Å². The zero-order chi connectivity index (χ0) is 20.0. The lowest BCUT2D eigenvalue weighted by molar-refractivity contribution is -0.141. The Bertz CT molecular complexity index is 808. The summed E-state index contributed by atoms with van der Waals surface area (Å²) in [6.07, 6.45) is 0. The monoisotopic (exact) mass is 390 g/mol. The summed E-state index contributed by atoms with van der Waals surface area (Å²) in [7, 11) is 1.70. The number of amides is 1. The number of nitrogens with one attached hydrogen (secondary N) is 1. The van der Waals surface area contributed by atoms with E-state index in [0.717, 1.165) is 5.56 Å². The lowest BCUT2D eigenvalue weighted by Crippen LogP contribution is -2.35. The van der Waals surface area contributed by atoms with Gasteiger partial charge in [-0.1, -0.05) is 36.2 Å². The maximum absolute atomic E-state index is 12.3. The molecule has 27 heavy (non-hydrogen) atoms. The van der Waals surface area contributed by atoms with Crippen LogP contribution < -0.4 is 10.1 Å². The van der Waals surface area contributed by atoms with E-state index in [0.29, 0.717) is 22.2 Å². The third-order valence-electron chi connectivity index (χ3n) is 3.89. The lowest BCUT2D eigenvalue weighted by atomic mass is 10.2. The summed E-state index contributed by atoms with van der Waals surface area (Å²) >= 11 is 6.05. The van der Waals surface area contributed by atoms with Gasteiger partial charge in [-0.25, -0.2) is 0 Å². The second kappa shape index (κ2) is 9.39. The maximum Gasteiger partial charge on any atom is 0.307 e. The van der Waals surface area contributed by atoms with E-state index >= 15 is 0 Å². The molecule has 2 N–H and O–H groups in total. The number of carbonyl (C=O) groups excluding carboxylic acids is 1. The highest BCUT2D eigenvalue weighted by Crippen LogP contribution is 2.32. The molecule has 0 aliphatic heterocycles. The quantitative estimate of drug-likeness (QED) is 0.711. The summed E-state index contributed by atoms with van der Waals surface area (Å²) in [6, 6.07) is 12.5. The molecule has 0 saturated heterocycles. The fraction of sp³-hybridized carbons (Fsp3) is 0.300. The Labute approximate surface area is 163 Å². The van der Waals surface area contributed by atoms with E-state index in [1.807, 2.05) is 31.2 Å². The Morgan fingerprint density at radius 3 is 2.52 bits per heavy atom. The molecular formula is C20H23ClN2O4. The molecule has 144 valence electrons. The van der Waals surface area contributed by atoms with Crippen molar-refractivity contribution in [1.29, 1.82) is 0 Å². The summed E-state index contributed by atoms with van der Waals surface area (Å²) in [5.74, 6) is -0.629. The molecule has 0 heterocycles. The lowest BCUT2D eigenvalue weighted by Gasteiger charge is -2.19. The van der Waals surface area contributed by atoms with Crippen molar-refractivity contribution in [2.75, 3.05) is 25.5 Å². The van der Waals surface area contributed by atoms with Gasteiger partial charge >= 0.3 is 5.97 Å². The van der Waals surface area contributed by atoms with Gasteiger partial charge in [0.25, 0.3) is 0 Å². The first-order valence-corrected chi connectivity index (χ1v) is 8.87. The number of ether oxygens (including phenoxy) is 1. The highest BCUT2D eigenvalue weighted by Gasteiger charge is 2.16. The van der Waals surface area contributed by atoms with Crippen LogP contribution >= 0.6 is 11.6 Å². The van der Waals surface area contributed by atoms with Crippen LogP contribution in [0.2, 0.25) is 5.02 Å². The van der Waals surface area contributed by atoms with Crippen LogP contribution in [0, 0.1) is 12.8 Å². The molecule has 2 aromatic rings. The van der Waals surface area contributed by atoms with Crippen molar-refractivity contribution < 1.29 is 19.4 Å². The standard InChI is InChI=1S/C20H23ClN2O4/c1-13-4-7-16(8-5-13)27-18-9-6-15(21)10-17(18)22-19(24)12-23(3)11-14(2)20(25)26/h4-10,14H,11-12H2,1-3H3,(H,22,24)(H,25,26). The first kappa shape index (κ1) is 20.7. The van der Waals surface area contributed by atoms with Crippen molar-refractivity contribution in [1.82, 2.24) is 4.90 Å². The van der Waals surface area contributed by atoms with Gasteiger partial charge in [-0.3, -0.25) is 14.5 Å². The molecule has 0 bridgehead atoms. The van der Waals surface area contributed by atoms with Gasteiger partial charge in [0, 0.05) is 11.6 Å². The summed E-state index contributed by atoms with van der Waals surface area (Å²) in [6.45, 7) is 3.90. The highest BCUT2D eigenvalue weighted by molar-refractivity contribution is 6.31. The van der Waals surface area contributed by atoms with Crippen LogP contribution in [0.4, 0.5) is 5.69 Å². The molecule has 6 nitrogen and oxygen atoms in total. The van der Waals surface area contributed by atoms with Gasteiger partial charge in [-0.2, -0.15) is 0 Å². The maximum atomic E-state index is 12.3. The number of rotatable bonds is 8. The molecule has 2 aromatic carbocycles. The predicted molar refractivity (Wildman–Crippen MR) is 106 cm³/mol. The average molecular weight is 391 g/mol. The predicted octanol–water partition coefficient (Wildman–Crippen LogP) is 4.03. The van der Waals surface area contributed by atoms with E-state index in [4.69, 9.17) is 21.4 Å². The van der Waals surface area contributed by atoms with Crippen LogP contribution in [0.25, 0.3) is 0 Å². The third-order valence-corrected chi connectivity index (χ3v) is 4.12. The number of aliphatic carboxylic acids is 1. The number of halogens is 1. The Balaban J connectivity index is 2.06. The number of nitrogens with zero attached hydrogens (tertiary/aromatic N) is 1. The van der Waals surface area contributed by atoms with E-state index in [1.54, 1.807) is 37.1 Å². The third kappa shape index (κ3) is 6.58. The van der Waals surface area contributed by atoms with Crippen molar-refractivity contribution in [3.05, 3.63) is 53.1 Å². The summed E-state index contributed by atoms with van der Waals surface area (Å²) in [5.41, 5.74) is 1.57. The van der Waals surface area contributed by atoms with E-state index in [9.17, 15) is 9.59 Å². The molecule has 0 radical (unpaired) electrons. The van der Waals surface area contributed by atoms with Gasteiger partial charge in [0.05, 0.1) is 18.2 Å². The van der Waals surface area contributed by atoms with Crippen molar-refractivity contribution in [2.24, 2.45) is 5.92 Å². The molecular weight excluding hydrogens is 368 g/mol. The smallest absolute Gasteiger partial charge is 0.307 e. The van der Waals surface area contributed by atoms with Crippen LogP contribution in [-0.2, 0) is 9.59 Å². The van der Waals surface area contributed by atoms with Gasteiger partial charge < -0.3 is 15.2 Å². The Morgan fingerprint density at radius 1 is 1.22 bits per heavy atom. The second-order valence-electron chi connectivity index (χ2n) is 6.54. The largest absolute Gasteiger partial charge is 0.481 e. The SMILES string of the molecule is Cc1ccc(Oc2ccc(Cl)cc2NC(=O)CN(C)CC(C)C(=O)O)cc1. The van der Waals surface area contributed by atoms with E-state index in [2.05, 4.69) is 5.32 Å². The highest BCUT2D eigenvalue weighted by atomic mass is 35.5. The van der Waals surface area contributed by atoms with Crippen LogP contribution in [0.3, 0.4) is 0 Å². The van der Waals surface area contributed by atoms with Crippen molar-refractivity contribution in [3.63, 3.8) is 0 Å². The number of likely N-dealkylation sites (N-methyl/N-ethyl adjacent to an activating group) is 1. The number of hydrogen-bond donors (Lipinski definition) is 2. The van der Waals surface area contributed by atoms with Crippen molar-refractivity contribution in [2.45, 2.75) is 13.8 Å². The number of carboxylic acid groups (broad SMARTS) is 1. The van der Waals surface area contributed by atoms with Gasteiger partial charge in [0.1, 0.15) is 5.75 Å². The number of hydrogen-bond acceptors (Lipinski definition) is 4. The number of benzene rings is 2. The first-order valence-electron chi connectivity index (χ1n) is 8.50. The summed E-state index contributed by atoms with van der Waals surface area (Å²) < 4.78 is 5.86. The Morgan fingerprint density at radius 2 is 1.89 bits per heavy atom. The minimum absolute atomic E-state index is 0.0497. The number of carboxylic acids is 1. The molecule has 0 saturated carbocycles. The van der Waals surface area contributed by atoms with Gasteiger partial charge in [0.2, 0.25) is 5.91 Å². The molecule has 0 fully saturated rings. The van der Waals surface area contributed by atoms with Crippen molar-refractivity contribution in [3.8, 4) is 11.5 Å². The molecule has 7 heteroatoms.